The van der Waals surface area contributed by atoms with Gasteiger partial charge in [-0.3, -0.25) is 0 Å². The van der Waals surface area contributed by atoms with E-state index < -0.39 is 0 Å². The number of rotatable bonds is 4. The van der Waals surface area contributed by atoms with Crippen LogP contribution in [0, 0.1) is 6.92 Å². The van der Waals surface area contributed by atoms with Gasteiger partial charge in [0, 0.05) is 11.0 Å². The second-order valence-corrected chi connectivity index (χ2v) is 4.82. The van der Waals surface area contributed by atoms with Gasteiger partial charge < -0.3 is 15.2 Å². The zero-order chi connectivity index (χ0) is 13.7. The summed E-state index contributed by atoms with van der Waals surface area (Å²) in [5.41, 5.74) is 1.01. The van der Waals surface area contributed by atoms with Crippen LogP contribution in [0.4, 0.5) is 4.79 Å². The predicted molar refractivity (Wildman–Crippen MR) is 72.3 cm³/mol. The van der Waals surface area contributed by atoms with Gasteiger partial charge in [-0.25, -0.2) is 4.79 Å². The number of carbonyl (C=O) groups is 1. The highest BCUT2D eigenvalue weighted by atomic mass is 79.9. The lowest BCUT2D eigenvalue weighted by molar-refractivity contribution is 0.238. The van der Waals surface area contributed by atoms with Gasteiger partial charge in [0.25, 0.3) is 0 Å². The van der Waals surface area contributed by atoms with Gasteiger partial charge in [-0.05, 0) is 24.6 Å². The molecule has 0 radical (unpaired) electrons. The maximum Gasteiger partial charge on any atom is 0.315 e. The van der Waals surface area contributed by atoms with Gasteiger partial charge in [0.2, 0.25) is 5.89 Å². The Hall–Kier alpha value is -1.89. The summed E-state index contributed by atoms with van der Waals surface area (Å²) in [6.07, 6.45) is 0. The highest BCUT2D eigenvalue weighted by Crippen LogP contribution is 2.11. The Balaban J connectivity index is 1.75. The summed E-state index contributed by atoms with van der Waals surface area (Å²) in [7, 11) is 0. The molecule has 0 aliphatic carbocycles. The number of hydrogen-bond donors (Lipinski definition) is 2. The SMILES string of the molecule is Cc1noc(CNC(=O)NCc2cccc(Br)c2)n1. The number of halogens is 1. The second kappa shape index (κ2) is 6.33. The Labute approximate surface area is 118 Å². The van der Waals surface area contributed by atoms with Crippen molar-refractivity contribution in [1.82, 2.24) is 20.8 Å². The molecule has 0 unspecified atom stereocenters. The molecule has 100 valence electrons. The molecule has 0 atom stereocenters. The lowest BCUT2D eigenvalue weighted by Crippen LogP contribution is -2.34. The van der Waals surface area contributed by atoms with E-state index in [9.17, 15) is 4.79 Å². The summed E-state index contributed by atoms with van der Waals surface area (Å²) >= 11 is 3.38. The van der Waals surface area contributed by atoms with Crippen LogP contribution in [0.3, 0.4) is 0 Å². The monoisotopic (exact) mass is 324 g/mol. The first-order valence-corrected chi connectivity index (χ1v) is 6.48. The Bertz CT molecular complexity index is 570. The molecule has 0 aliphatic rings. The second-order valence-electron chi connectivity index (χ2n) is 3.90. The van der Waals surface area contributed by atoms with Gasteiger partial charge in [0.05, 0.1) is 6.54 Å². The fourth-order valence-electron chi connectivity index (χ4n) is 1.46. The van der Waals surface area contributed by atoms with Crippen LogP contribution in [-0.2, 0) is 13.1 Å². The quantitative estimate of drug-likeness (QED) is 0.902. The third-order valence-electron chi connectivity index (χ3n) is 2.31. The van der Waals surface area contributed by atoms with E-state index in [1.165, 1.54) is 0 Å². The van der Waals surface area contributed by atoms with E-state index in [4.69, 9.17) is 4.52 Å². The molecule has 2 amide bonds. The van der Waals surface area contributed by atoms with Crippen molar-refractivity contribution in [2.75, 3.05) is 0 Å². The number of aromatic nitrogens is 2. The van der Waals surface area contributed by atoms with Crippen molar-refractivity contribution >= 4 is 22.0 Å². The van der Waals surface area contributed by atoms with Crippen molar-refractivity contribution in [3.63, 3.8) is 0 Å². The summed E-state index contributed by atoms with van der Waals surface area (Å²) in [6.45, 7) is 2.39. The first-order chi connectivity index (χ1) is 9.13. The molecule has 0 fully saturated rings. The van der Waals surface area contributed by atoms with Crippen LogP contribution in [-0.4, -0.2) is 16.2 Å². The van der Waals surface area contributed by atoms with E-state index in [1.807, 2.05) is 24.3 Å². The van der Waals surface area contributed by atoms with Crippen LogP contribution in [0.1, 0.15) is 17.3 Å². The Morgan fingerprint density at radius 3 is 2.84 bits per heavy atom. The van der Waals surface area contributed by atoms with Gasteiger partial charge in [0.1, 0.15) is 0 Å². The van der Waals surface area contributed by atoms with Gasteiger partial charge >= 0.3 is 6.03 Å². The lowest BCUT2D eigenvalue weighted by Gasteiger charge is -2.06. The molecule has 0 aliphatic heterocycles. The normalized spacial score (nSPS) is 10.2. The van der Waals surface area contributed by atoms with Crippen molar-refractivity contribution in [1.29, 1.82) is 0 Å². The highest BCUT2D eigenvalue weighted by Gasteiger charge is 2.05. The molecule has 0 saturated heterocycles. The van der Waals surface area contributed by atoms with Gasteiger partial charge in [-0.15, -0.1) is 0 Å². The number of carbonyl (C=O) groups excluding carboxylic acids is 1. The average molecular weight is 325 g/mol. The first kappa shape index (κ1) is 13.5. The van der Waals surface area contributed by atoms with E-state index in [0.717, 1.165) is 10.0 Å². The molecule has 1 heterocycles. The van der Waals surface area contributed by atoms with Gasteiger partial charge in [0.15, 0.2) is 5.82 Å². The Morgan fingerprint density at radius 2 is 2.16 bits per heavy atom. The molecule has 7 heteroatoms. The van der Waals surface area contributed by atoms with Gasteiger partial charge in [-0.2, -0.15) is 4.98 Å². The third kappa shape index (κ3) is 4.36. The smallest absolute Gasteiger partial charge is 0.315 e. The van der Waals surface area contributed by atoms with Crippen LogP contribution in [0.15, 0.2) is 33.3 Å². The van der Waals surface area contributed by atoms with Crippen molar-refractivity contribution in [3.8, 4) is 0 Å². The van der Waals surface area contributed by atoms with E-state index in [2.05, 4.69) is 36.7 Å². The van der Waals surface area contributed by atoms with Crippen LogP contribution in [0.2, 0.25) is 0 Å². The number of nitrogens with one attached hydrogen (secondary N) is 2. The Kier molecular flexibility index (Phi) is 4.51. The van der Waals surface area contributed by atoms with Crippen molar-refractivity contribution in [3.05, 3.63) is 46.0 Å². The summed E-state index contributed by atoms with van der Waals surface area (Å²) < 4.78 is 5.86. The largest absolute Gasteiger partial charge is 0.337 e. The van der Waals surface area contributed by atoms with Crippen molar-refractivity contribution < 1.29 is 9.32 Å². The van der Waals surface area contributed by atoms with Crippen LogP contribution < -0.4 is 10.6 Å². The molecule has 2 N–H and O–H groups in total. The fourth-order valence-corrected chi connectivity index (χ4v) is 1.91. The summed E-state index contributed by atoms with van der Waals surface area (Å²) in [5, 5.41) is 9.02. The summed E-state index contributed by atoms with van der Waals surface area (Å²) in [6, 6.07) is 7.45. The molecule has 0 saturated carbocycles. The molecule has 19 heavy (non-hydrogen) atoms. The standard InChI is InChI=1S/C12H13BrN4O2/c1-8-16-11(19-17-8)7-15-12(18)14-6-9-3-2-4-10(13)5-9/h2-5H,6-7H2,1H3,(H2,14,15,18). The van der Waals surface area contributed by atoms with Crippen LogP contribution in [0.5, 0.6) is 0 Å². The zero-order valence-electron chi connectivity index (χ0n) is 10.3. The minimum absolute atomic E-state index is 0.213. The first-order valence-electron chi connectivity index (χ1n) is 5.69. The number of urea groups is 1. The lowest BCUT2D eigenvalue weighted by atomic mass is 10.2. The minimum Gasteiger partial charge on any atom is -0.337 e. The maximum absolute atomic E-state index is 11.6. The molecule has 2 rings (SSSR count). The topological polar surface area (TPSA) is 80.0 Å². The molecular weight excluding hydrogens is 312 g/mol. The van der Waals surface area contributed by atoms with Gasteiger partial charge in [-0.1, -0.05) is 33.2 Å². The highest BCUT2D eigenvalue weighted by molar-refractivity contribution is 9.10. The predicted octanol–water partition coefficient (Wildman–Crippen LogP) is 2.14. The molecular formula is C12H13BrN4O2. The average Bonchev–Trinajstić information content (AvgIpc) is 2.80. The van der Waals surface area contributed by atoms with E-state index in [0.29, 0.717) is 18.3 Å². The molecule has 6 nitrogen and oxygen atoms in total. The minimum atomic E-state index is -0.282. The molecule has 1 aromatic heterocycles. The van der Waals surface area contributed by atoms with Crippen molar-refractivity contribution in [2.45, 2.75) is 20.0 Å². The fraction of sp³-hybridized carbons (Fsp3) is 0.250. The summed E-state index contributed by atoms with van der Waals surface area (Å²) in [5.74, 6) is 0.932. The van der Waals surface area contributed by atoms with Crippen LogP contribution in [0.25, 0.3) is 0 Å². The third-order valence-corrected chi connectivity index (χ3v) is 2.81. The van der Waals surface area contributed by atoms with Crippen LogP contribution >= 0.6 is 15.9 Å². The number of hydrogen-bond acceptors (Lipinski definition) is 4. The number of amides is 2. The Morgan fingerprint density at radius 1 is 1.37 bits per heavy atom. The summed E-state index contributed by atoms with van der Waals surface area (Å²) in [4.78, 5) is 15.5. The number of aryl methyl sites for hydroxylation is 1. The molecule has 1 aromatic carbocycles. The number of nitrogens with zero attached hydrogens (tertiary/aromatic N) is 2. The van der Waals surface area contributed by atoms with Crippen molar-refractivity contribution in [2.24, 2.45) is 0 Å². The van der Waals surface area contributed by atoms with E-state index in [-0.39, 0.29) is 12.6 Å². The molecule has 0 spiro atoms. The zero-order valence-corrected chi connectivity index (χ0v) is 11.9. The van der Waals surface area contributed by atoms with E-state index >= 15 is 0 Å². The van der Waals surface area contributed by atoms with E-state index in [1.54, 1.807) is 6.92 Å². The maximum atomic E-state index is 11.6. The number of benzene rings is 1. The molecule has 2 aromatic rings. The molecule has 0 bridgehead atoms.